The highest BCUT2D eigenvalue weighted by atomic mass is 19.1. The van der Waals surface area contributed by atoms with Crippen molar-refractivity contribution in [3.63, 3.8) is 0 Å². The van der Waals surface area contributed by atoms with Gasteiger partial charge in [-0.05, 0) is 48.5 Å². The van der Waals surface area contributed by atoms with E-state index in [-0.39, 0.29) is 17.9 Å². The molecule has 0 bridgehead atoms. The van der Waals surface area contributed by atoms with Crippen LogP contribution in [0.5, 0.6) is 5.75 Å². The molecule has 6 nitrogen and oxygen atoms in total. The van der Waals surface area contributed by atoms with Crippen molar-refractivity contribution in [3.8, 4) is 5.75 Å². The molecule has 3 aromatic carbocycles. The highest BCUT2D eigenvalue weighted by Crippen LogP contribution is 2.31. The molecule has 0 radical (unpaired) electrons. The summed E-state index contributed by atoms with van der Waals surface area (Å²) in [6.07, 6.45) is 1.34. The Morgan fingerprint density at radius 2 is 1.66 bits per heavy atom. The number of carbonyl (C=O) groups excluding carboxylic acids is 2. The highest BCUT2D eigenvalue weighted by Gasteiger charge is 2.35. The molecule has 4 rings (SSSR count). The molecule has 1 atom stereocenters. The molecular formula is C27H22F2N2O4. The number of halogens is 2. The fourth-order valence-corrected chi connectivity index (χ4v) is 3.73. The summed E-state index contributed by atoms with van der Waals surface area (Å²) in [6.45, 7) is -0.0839. The van der Waals surface area contributed by atoms with Crippen molar-refractivity contribution in [1.29, 1.82) is 0 Å². The molecule has 1 aromatic heterocycles. The number of carbonyl (C=O) groups is 2. The van der Waals surface area contributed by atoms with E-state index >= 15 is 4.39 Å². The van der Waals surface area contributed by atoms with Gasteiger partial charge in [0, 0.05) is 16.8 Å². The largest absolute Gasteiger partial charge is 0.496 e. The number of methoxy groups -OCH3 is 1. The summed E-state index contributed by atoms with van der Waals surface area (Å²) in [4.78, 5) is 28.4. The Hall–Kier alpha value is -4.46. The molecule has 0 fully saturated rings. The van der Waals surface area contributed by atoms with E-state index in [1.165, 1.54) is 66.8 Å². The van der Waals surface area contributed by atoms with Crippen LogP contribution >= 0.6 is 0 Å². The van der Waals surface area contributed by atoms with E-state index in [1.54, 1.807) is 36.4 Å². The summed E-state index contributed by atoms with van der Waals surface area (Å²) >= 11 is 0. The number of amides is 2. The topological polar surface area (TPSA) is 71.8 Å². The summed E-state index contributed by atoms with van der Waals surface area (Å²) in [6, 6.07) is 19.5. The minimum Gasteiger partial charge on any atom is -0.496 e. The second kappa shape index (κ2) is 10.6. The fourth-order valence-electron chi connectivity index (χ4n) is 3.73. The third kappa shape index (κ3) is 5.38. The van der Waals surface area contributed by atoms with Crippen LogP contribution in [0.15, 0.2) is 95.6 Å². The molecule has 1 N–H and O–H groups in total. The maximum Gasteiger partial charge on any atom is 0.290 e. The molecule has 0 aliphatic heterocycles. The predicted octanol–water partition coefficient (Wildman–Crippen LogP) is 5.59. The van der Waals surface area contributed by atoms with Crippen molar-refractivity contribution in [2.24, 2.45) is 0 Å². The van der Waals surface area contributed by atoms with Crippen LogP contribution in [0.25, 0.3) is 0 Å². The normalized spacial score (nSPS) is 11.5. The Morgan fingerprint density at radius 1 is 0.943 bits per heavy atom. The average molecular weight is 476 g/mol. The Kier molecular flexibility index (Phi) is 7.21. The zero-order chi connectivity index (χ0) is 24.8. The van der Waals surface area contributed by atoms with Crippen LogP contribution in [0.1, 0.15) is 27.7 Å². The molecule has 0 unspecified atom stereocenters. The number of rotatable bonds is 8. The summed E-state index contributed by atoms with van der Waals surface area (Å²) in [5, 5.41) is 2.66. The highest BCUT2D eigenvalue weighted by molar-refractivity contribution is 6.00. The van der Waals surface area contributed by atoms with Crippen molar-refractivity contribution in [1.82, 2.24) is 4.90 Å². The van der Waals surface area contributed by atoms with Gasteiger partial charge in [0.05, 0.1) is 19.9 Å². The van der Waals surface area contributed by atoms with E-state index in [9.17, 15) is 14.0 Å². The second-order valence-electron chi connectivity index (χ2n) is 7.64. The standard InChI is InChI=1S/C27H22F2N2O4/c1-34-23-10-5-2-7-18(23)17-31(27(33)24-11-6-16-35-24)25(21-8-3-4-9-22(21)29)26(32)30-20-14-12-19(28)13-15-20/h2-16,25H,17H2,1H3,(H,30,32)/t25-/m1/s1. The van der Waals surface area contributed by atoms with Crippen LogP contribution in [0.4, 0.5) is 14.5 Å². The zero-order valence-corrected chi connectivity index (χ0v) is 18.8. The minimum atomic E-state index is -1.39. The first kappa shape index (κ1) is 23.7. The summed E-state index contributed by atoms with van der Waals surface area (Å²) < 4.78 is 39.1. The number of benzene rings is 3. The van der Waals surface area contributed by atoms with E-state index in [0.29, 0.717) is 17.0 Å². The molecule has 0 saturated heterocycles. The first-order valence-electron chi connectivity index (χ1n) is 10.7. The smallest absolute Gasteiger partial charge is 0.290 e. The van der Waals surface area contributed by atoms with Crippen LogP contribution in [0, 0.1) is 11.6 Å². The lowest BCUT2D eigenvalue weighted by atomic mass is 10.0. The van der Waals surface area contributed by atoms with Gasteiger partial charge in [0.2, 0.25) is 0 Å². The van der Waals surface area contributed by atoms with Crippen molar-refractivity contribution in [2.45, 2.75) is 12.6 Å². The summed E-state index contributed by atoms with van der Waals surface area (Å²) in [5.41, 5.74) is 0.883. The van der Waals surface area contributed by atoms with Crippen LogP contribution in [0.2, 0.25) is 0 Å². The van der Waals surface area contributed by atoms with Crippen molar-refractivity contribution < 1.29 is 27.5 Å². The number of hydrogen-bond donors (Lipinski definition) is 1. The van der Waals surface area contributed by atoms with E-state index in [4.69, 9.17) is 9.15 Å². The Morgan fingerprint density at radius 3 is 2.34 bits per heavy atom. The molecular weight excluding hydrogens is 454 g/mol. The van der Waals surface area contributed by atoms with Crippen LogP contribution < -0.4 is 10.1 Å². The molecule has 8 heteroatoms. The van der Waals surface area contributed by atoms with E-state index < -0.39 is 29.5 Å². The number of anilines is 1. The maximum atomic E-state index is 15.0. The average Bonchev–Trinajstić information content (AvgIpc) is 3.41. The summed E-state index contributed by atoms with van der Waals surface area (Å²) in [7, 11) is 1.49. The lowest BCUT2D eigenvalue weighted by molar-refractivity contribution is -0.121. The quantitative estimate of drug-likeness (QED) is 0.360. The van der Waals surface area contributed by atoms with Gasteiger partial charge in [-0.25, -0.2) is 8.78 Å². The molecule has 0 saturated carbocycles. The van der Waals surface area contributed by atoms with Gasteiger partial charge in [0.1, 0.15) is 23.4 Å². The zero-order valence-electron chi connectivity index (χ0n) is 18.8. The first-order valence-corrected chi connectivity index (χ1v) is 10.7. The number of nitrogens with one attached hydrogen (secondary N) is 1. The lowest BCUT2D eigenvalue weighted by Crippen LogP contribution is -2.41. The Labute approximate surface area is 200 Å². The van der Waals surface area contributed by atoms with Gasteiger partial charge < -0.3 is 19.4 Å². The van der Waals surface area contributed by atoms with Crippen LogP contribution in [-0.2, 0) is 11.3 Å². The van der Waals surface area contributed by atoms with E-state index in [1.807, 2.05) is 0 Å². The van der Waals surface area contributed by atoms with E-state index in [2.05, 4.69) is 5.32 Å². The molecule has 4 aromatic rings. The van der Waals surface area contributed by atoms with E-state index in [0.717, 1.165) is 0 Å². The third-order valence-corrected chi connectivity index (χ3v) is 5.40. The van der Waals surface area contributed by atoms with Crippen LogP contribution in [0.3, 0.4) is 0 Å². The van der Waals surface area contributed by atoms with Gasteiger partial charge in [0.15, 0.2) is 5.76 Å². The molecule has 0 spiro atoms. The summed E-state index contributed by atoms with van der Waals surface area (Å²) in [5.74, 6) is -1.96. The molecule has 0 aliphatic rings. The van der Waals surface area contributed by atoms with Gasteiger partial charge in [0.25, 0.3) is 11.8 Å². The number of ether oxygens (including phenoxy) is 1. The number of nitrogens with zero attached hydrogens (tertiary/aromatic N) is 1. The van der Waals surface area contributed by atoms with Gasteiger partial charge in [-0.2, -0.15) is 0 Å². The number of furan rings is 1. The number of hydrogen-bond acceptors (Lipinski definition) is 4. The minimum absolute atomic E-state index is 0.0121. The van der Waals surface area contributed by atoms with Gasteiger partial charge in [-0.1, -0.05) is 36.4 Å². The van der Waals surface area contributed by atoms with Gasteiger partial charge in [-0.3, -0.25) is 9.59 Å². The molecule has 1 heterocycles. The van der Waals surface area contributed by atoms with Crippen LogP contribution in [-0.4, -0.2) is 23.8 Å². The molecule has 0 aliphatic carbocycles. The Balaban J connectivity index is 1.81. The Bertz CT molecular complexity index is 1310. The third-order valence-electron chi connectivity index (χ3n) is 5.40. The molecule has 35 heavy (non-hydrogen) atoms. The van der Waals surface area contributed by atoms with Gasteiger partial charge in [-0.15, -0.1) is 0 Å². The fraction of sp³-hybridized carbons (Fsp3) is 0.111. The first-order chi connectivity index (χ1) is 17.0. The lowest BCUT2D eigenvalue weighted by Gasteiger charge is -2.31. The number of para-hydroxylation sites is 1. The van der Waals surface area contributed by atoms with Crippen molar-refractivity contribution in [2.75, 3.05) is 12.4 Å². The monoisotopic (exact) mass is 476 g/mol. The maximum absolute atomic E-state index is 15.0. The predicted molar refractivity (Wildman–Crippen MR) is 126 cm³/mol. The second-order valence-corrected chi connectivity index (χ2v) is 7.64. The SMILES string of the molecule is COc1ccccc1CN(C(=O)c1ccco1)[C@@H](C(=O)Nc1ccc(F)cc1)c1ccccc1F. The van der Waals surface area contributed by atoms with Crippen molar-refractivity contribution in [3.05, 3.63) is 120 Å². The molecule has 178 valence electrons. The van der Waals surface area contributed by atoms with Gasteiger partial charge >= 0.3 is 0 Å². The van der Waals surface area contributed by atoms with Crippen molar-refractivity contribution >= 4 is 17.5 Å². The molecule has 2 amide bonds.